The van der Waals surface area contributed by atoms with Crippen molar-refractivity contribution in [3.8, 4) is 5.75 Å². The van der Waals surface area contributed by atoms with Gasteiger partial charge in [-0.3, -0.25) is 4.90 Å². The van der Waals surface area contributed by atoms with Crippen molar-refractivity contribution >= 4 is 0 Å². The van der Waals surface area contributed by atoms with Gasteiger partial charge in [0.25, 0.3) is 0 Å². The molecule has 0 amide bonds. The Hall–Kier alpha value is -1.80. The zero-order valence-electron chi connectivity index (χ0n) is 14.5. The highest BCUT2D eigenvalue weighted by molar-refractivity contribution is 5.48. The number of rotatable bonds is 2. The van der Waals surface area contributed by atoms with Crippen LogP contribution in [0.25, 0.3) is 0 Å². The Morgan fingerprint density at radius 2 is 1.71 bits per heavy atom. The highest BCUT2D eigenvalue weighted by atomic mass is 16.5. The molecule has 1 aliphatic carbocycles. The number of fused-ring (bicyclic) bond motifs is 6. The average Bonchev–Trinajstić information content (AvgIpc) is 3.06. The van der Waals surface area contributed by atoms with E-state index in [-0.39, 0.29) is 0 Å². The summed E-state index contributed by atoms with van der Waals surface area (Å²) in [4.78, 5) is 2.67. The fourth-order valence-electron chi connectivity index (χ4n) is 5.85. The third-order valence-corrected chi connectivity index (χ3v) is 6.91. The molecular formula is C22H25NO. The summed E-state index contributed by atoms with van der Waals surface area (Å²) in [7, 11) is 4.09. The second-order valence-electron chi connectivity index (χ2n) is 7.77. The predicted octanol–water partition coefficient (Wildman–Crippen LogP) is 4.41. The van der Waals surface area contributed by atoms with Crippen molar-refractivity contribution in [1.82, 2.24) is 4.90 Å². The highest BCUT2D eigenvalue weighted by Crippen LogP contribution is 2.59. The van der Waals surface area contributed by atoms with Gasteiger partial charge in [0.2, 0.25) is 0 Å². The van der Waals surface area contributed by atoms with Crippen LogP contribution >= 0.6 is 0 Å². The molecule has 0 N–H and O–H groups in total. The van der Waals surface area contributed by atoms with Crippen molar-refractivity contribution in [2.75, 3.05) is 14.2 Å². The number of likely N-dealkylation sites (N-methyl/N-ethyl adjacent to an activating group) is 1. The number of hydrogen-bond acceptors (Lipinski definition) is 2. The van der Waals surface area contributed by atoms with Crippen molar-refractivity contribution in [2.45, 2.75) is 43.2 Å². The summed E-state index contributed by atoms with van der Waals surface area (Å²) in [6, 6.07) is 19.5. The van der Waals surface area contributed by atoms with Crippen LogP contribution in [-0.2, 0) is 0 Å². The van der Waals surface area contributed by atoms with E-state index in [2.05, 4.69) is 60.5 Å². The number of ether oxygens (including phenoxy) is 1. The first-order chi connectivity index (χ1) is 11.8. The molecule has 3 aliphatic rings. The van der Waals surface area contributed by atoms with Crippen LogP contribution in [0.5, 0.6) is 5.75 Å². The zero-order chi connectivity index (χ0) is 16.3. The summed E-state index contributed by atoms with van der Waals surface area (Å²) in [5.41, 5.74) is 4.64. The van der Waals surface area contributed by atoms with Gasteiger partial charge in [-0.2, -0.15) is 0 Å². The van der Waals surface area contributed by atoms with Crippen LogP contribution < -0.4 is 4.74 Å². The van der Waals surface area contributed by atoms with Gasteiger partial charge in [-0.25, -0.2) is 0 Å². The van der Waals surface area contributed by atoms with Crippen molar-refractivity contribution < 1.29 is 4.74 Å². The lowest BCUT2D eigenvalue weighted by Crippen LogP contribution is -2.44. The quantitative estimate of drug-likeness (QED) is 0.813. The van der Waals surface area contributed by atoms with E-state index < -0.39 is 0 Å². The van der Waals surface area contributed by atoms with E-state index in [0.717, 1.165) is 23.8 Å². The van der Waals surface area contributed by atoms with E-state index >= 15 is 0 Å². The van der Waals surface area contributed by atoms with E-state index in [1.165, 1.54) is 24.8 Å². The molecule has 2 aromatic carbocycles. The molecule has 0 saturated carbocycles. The van der Waals surface area contributed by atoms with E-state index in [4.69, 9.17) is 4.74 Å². The van der Waals surface area contributed by atoms with Crippen LogP contribution in [0.4, 0.5) is 0 Å². The van der Waals surface area contributed by atoms with Crippen LogP contribution in [0.1, 0.15) is 47.8 Å². The van der Waals surface area contributed by atoms with E-state index in [9.17, 15) is 0 Å². The summed E-state index contributed by atoms with van der Waals surface area (Å²) in [5, 5.41) is 0. The SMILES string of the molecule is COc1ccc(C2c3ccccc3C3C2CC2CCC3N2C)cc1. The lowest BCUT2D eigenvalue weighted by Gasteiger charge is -2.42. The van der Waals surface area contributed by atoms with Gasteiger partial charge < -0.3 is 4.74 Å². The molecule has 0 radical (unpaired) electrons. The number of piperidine rings is 1. The van der Waals surface area contributed by atoms with Crippen LogP contribution in [0, 0.1) is 5.92 Å². The number of benzene rings is 2. The third-order valence-electron chi connectivity index (χ3n) is 6.91. The maximum atomic E-state index is 5.36. The Balaban J connectivity index is 1.62. The fraction of sp³-hybridized carbons (Fsp3) is 0.455. The lowest BCUT2D eigenvalue weighted by molar-refractivity contribution is 0.110. The Bertz CT molecular complexity index is 753. The van der Waals surface area contributed by atoms with Crippen molar-refractivity contribution in [3.63, 3.8) is 0 Å². The molecule has 2 heterocycles. The number of methoxy groups -OCH3 is 1. The molecule has 5 rings (SSSR count). The second-order valence-corrected chi connectivity index (χ2v) is 7.77. The second kappa shape index (κ2) is 5.35. The predicted molar refractivity (Wildman–Crippen MR) is 96.7 cm³/mol. The van der Waals surface area contributed by atoms with E-state index in [1.807, 2.05) is 0 Å². The molecule has 2 bridgehead atoms. The topological polar surface area (TPSA) is 12.5 Å². The summed E-state index contributed by atoms with van der Waals surface area (Å²) < 4.78 is 5.36. The van der Waals surface area contributed by atoms with Crippen molar-refractivity contribution in [2.24, 2.45) is 5.92 Å². The van der Waals surface area contributed by atoms with Crippen LogP contribution in [0.15, 0.2) is 48.5 Å². The van der Waals surface area contributed by atoms with Crippen molar-refractivity contribution in [3.05, 3.63) is 65.2 Å². The molecular weight excluding hydrogens is 294 g/mol. The molecule has 2 nitrogen and oxygen atoms in total. The molecule has 5 unspecified atom stereocenters. The molecule has 124 valence electrons. The van der Waals surface area contributed by atoms with Crippen LogP contribution in [0.2, 0.25) is 0 Å². The third kappa shape index (κ3) is 1.92. The Morgan fingerprint density at radius 3 is 2.46 bits per heavy atom. The Morgan fingerprint density at radius 1 is 0.958 bits per heavy atom. The molecule has 0 aromatic heterocycles. The molecule has 2 aliphatic heterocycles. The lowest BCUT2D eigenvalue weighted by atomic mass is 9.75. The van der Waals surface area contributed by atoms with Crippen molar-refractivity contribution in [1.29, 1.82) is 0 Å². The molecule has 2 aromatic rings. The Kier molecular flexibility index (Phi) is 3.24. The summed E-state index contributed by atoms with van der Waals surface area (Å²) in [6.45, 7) is 0. The largest absolute Gasteiger partial charge is 0.497 e. The maximum absolute atomic E-state index is 5.36. The van der Waals surface area contributed by atoms with Crippen LogP contribution in [0.3, 0.4) is 0 Å². The molecule has 0 spiro atoms. The maximum Gasteiger partial charge on any atom is 0.118 e. The number of hydrogen-bond donors (Lipinski definition) is 0. The first-order valence-corrected chi connectivity index (χ1v) is 9.22. The van der Waals surface area contributed by atoms with Crippen LogP contribution in [-0.4, -0.2) is 31.1 Å². The van der Waals surface area contributed by atoms with E-state index in [0.29, 0.717) is 11.8 Å². The minimum absolute atomic E-state index is 0.550. The molecule has 24 heavy (non-hydrogen) atoms. The van der Waals surface area contributed by atoms with Gasteiger partial charge in [0, 0.05) is 23.9 Å². The summed E-state index contributed by atoms with van der Waals surface area (Å²) >= 11 is 0. The van der Waals surface area contributed by atoms with E-state index in [1.54, 1.807) is 18.2 Å². The average molecular weight is 319 g/mol. The fourth-order valence-corrected chi connectivity index (χ4v) is 5.85. The number of nitrogens with zero attached hydrogens (tertiary/aromatic N) is 1. The standard InChI is InChI=1S/C22H25NO/c1-23-15-9-12-20(23)22-18-6-4-3-5-17(18)21(19(22)13-15)14-7-10-16(24-2)11-8-14/h3-8,10-11,15,19-22H,9,12-13H2,1-2H3. The van der Waals surface area contributed by atoms with Gasteiger partial charge in [0.1, 0.15) is 5.75 Å². The monoisotopic (exact) mass is 319 g/mol. The molecule has 2 heteroatoms. The smallest absolute Gasteiger partial charge is 0.118 e. The van der Waals surface area contributed by atoms with Gasteiger partial charge in [-0.15, -0.1) is 0 Å². The first-order valence-electron chi connectivity index (χ1n) is 9.22. The van der Waals surface area contributed by atoms with Gasteiger partial charge in [-0.05, 0) is 61.1 Å². The molecule has 5 atom stereocenters. The van der Waals surface area contributed by atoms with Gasteiger partial charge in [0.05, 0.1) is 7.11 Å². The zero-order valence-corrected chi connectivity index (χ0v) is 14.5. The minimum atomic E-state index is 0.550. The Labute approximate surface area is 144 Å². The van der Waals surface area contributed by atoms with Gasteiger partial charge in [-0.1, -0.05) is 36.4 Å². The summed E-state index contributed by atoms with van der Waals surface area (Å²) in [6.07, 6.45) is 4.08. The normalized spacial score (nSPS) is 34.0. The van der Waals surface area contributed by atoms with Gasteiger partial charge in [0.15, 0.2) is 0 Å². The molecule has 2 fully saturated rings. The first kappa shape index (κ1) is 14.5. The van der Waals surface area contributed by atoms with Gasteiger partial charge >= 0.3 is 0 Å². The highest BCUT2D eigenvalue weighted by Gasteiger charge is 2.53. The summed E-state index contributed by atoms with van der Waals surface area (Å²) in [5.74, 6) is 2.96. The minimum Gasteiger partial charge on any atom is -0.497 e. The molecule has 2 saturated heterocycles.